The summed E-state index contributed by atoms with van der Waals surface area (Å²) in [5.41, 5.74) is -0.413. The molecule has 0 aliphatic carbocycles. The molecule has 1 rings (SSSR count). The number of rotatable bonds is 5. The Kier molecular flexibility index (Phi) is 4.39. The lowest BCUT2D eigenvalue weighted by molar-refractivity contribution is -0.384. The maximum absolute atomic E-state index is 10.9. The number of hydrogen-bond donors (Lipinski definition) is 3. The Balaban J connectivity index is 3.17. The smallest absolute Gasteiger partial charge is 0.328 e. The highest BCUT2D eigenvalue weighted by Crippen LogP contribution is 2.26. The molecular weight excluding hydrogens is 254 g/mol. The molecule has 0 aromatic heterocycles. The summed E-state index contributed by atoms with van der Waals surface area (Å²) in [6.07, 6.45) is -1.24. The van der Waals surface area contributed by atoms with Gasteiger partial charge in [0.2, 0.25) is 0 Å². The van der Waals surface area contributed by atoms with Crippen LogP contribution >= 0.6 is 0 Å². The number of carbonyl (C=O) groups is 1. The van der Waals surface area contributed by atoms with Crippen LogP contribution < -0.4 is 5.32 Å². The molecule has 2 unspecified atom stereocenters. The second-order valence-electron chi connectivity index (χ2n) is 3.80. The Labute approximate surface area is 108 Å². The van der Waals surface area contributed by atoms with E-state index in [1.165, 1.54) is 19.1 Å². The number of aliphatic carboxylic acids is 1. The van der Waals surface area contributed by atoms with Crippen LogP contribution in [0.1, 0.15) is 12.5 Å². The fourth-order valence-electron chi connectivity index (χ4n) is 1.43. The van der Waals surface area contributed by atoms with E-state index in [4.69, 9.17) is 10.4 Å². The Morgan fingerprint density at radius 1 is 1.58 bits per heavy atom. The zero-order valence-corrected chi connectivity index (χ0v) is 9.90. The predicted molar refractivity (Wildman–Crippen MR) is 64.5 cm³/mol. The number of carboxylic acid groups (broad SMARTS) is 1. The summed E-state index contributed by atoms with van der Waals surface area (Å²) < 4.78 is 0. The van der Waals surface area contributed by atoms with E-state index < -0.39 is 28.7 Å². The fraction of sp³-hybridized carbons (Fsp3) is 0.273. The third-order valence-corrected chi connectivity index (χ3v) is 2.38. The van der Waals surface area contributed by atoms with E-state index in [9.17, 15) is 20.0 Å². The molecule has 19 heavy (non-hydrogen) atoms. The zero-order chi connectivity index (χ0) is 14.6. The topological polar surface area (TPSA) is 136 Å². The first-order chi connectivity index (χ1) is 8.86. The van der Waals surface area contributed by atoms with Gasteiger partial charge in [-0.25, -0.2) is 4.79 Å². The molecule has 0 radical (unpaired) electrons. The SMILES string of the molecule is CC(O)C(Nc1ccc(C#N)cc1[N+](=O)[O-])C(=O)O. The molecule has 0 saturated carbocycles. The molecule has 0 spiro atoms. The number of nitrogens with one attached hydrogen (secondary N) is 1. The molecule has 100 valence electrons. The van der Waals surface area contributed by atoms with Crippen molar-refractivity contribution in [2.24, 2.45) is 0 Å². The van der Waals surface area contributed by atoms with Gasteiger partial charge in [0.1, 0.15) is 5.69 Å². The molecule has 8 heteroatoms. The number of anilines is 1. The summed E-state index contributed by atoms with van der Waals surface area (Å²) in [6, 6.07) is 3.95. The van der Waals surface area contributed by atoms with Crippen molar-refractivity contribution in [2.45, 2.75) is 19.1 Å². The van der Waals surface area contributed by atoms with E-state index in [0.717, 1.165) is 6.07 Å². The first-order valence-electron chi connectivity index (χ1n) is 5.22. The van der Waals surface area contributed by atoms with Crippen molar-refractivity contribution >= 4 is 17.3 Å². The molecule has 0 fully saturated rings. The molecule has 2 atom stereocenters. The number of nitro groups is 1. The number of aliphatic hydroxyl groups is 1. The minimum Gasteiger partial charge on any atom is -0.480 e. The number of hydrogen-bond acceptors (Lipinski definition) is 6. The minimum atomic E-state index is -1.38. The van der Waals surface area contributed by atoms with E-state index in [0.29, 0.717) is 0 Å². The highest BCUT2D eigenvalue weighted by atomic mass is 16.6. The van der Waals surface area contributed by atoms with Crippen LogP contribution in [0.5, 0.6) is 0 Å². The lowest BCUT2D eigenvalue weighted by Gasteiger charge is -2.18. The van der Waals surface area contributed by atoms with Crippen molar-refractivity contribution in [3.63, 3.8) is 0 Å². The van der Waals surface area contributed by atoms with Crippen molar-refractivity contribution in [3.8, 4) is 6.07 Å². The van der Waals surface area contributed by atoms with Crippen LogP contribution in [-0.2, 0) is 4.79 Å². The van der Waals surface area contributed by atoms with Crippen LogP contribution in [0.4, 0.5) is 11.4 Å². The zero-order valence-electron chi connectivity index (χ0n) is 9.90. The third kappa shape index (κ3) is 3.40. The lowest BCUT2D eigenvalue weighted by atomic mass is 10.1. The van der Waals surface area contributed by atoms with Gasteiger partial charge >= 0.3 is 5.97 Å². The molecule has 0 aliphatic heterocycles. The van der Waals surface area contributed by atoms with Gasteiger partial charge in [0.15, 0.2) is 6.04 Å². The number of nitriles is 1. The first kappa shape index (κ1) is 14.4. The molecule has 8 nitrogen and oxygen atoms in total. The molecule has 0 heterocycles. The monoisotopic (exact) mass is 265 g/mol. The van der Waals surface area contributed by atoms with Crippen LogP contribution in [0.25, 0.3) is 0 Å². The van der Waals surface area contributed by atoms with Gasteiger partial charge in [0, 0.05) is 6.07 Å². The number of nitrogens with zero attached hydrogens (tertiary/aromatic N) is 2. The van der Waals surface area contributed by atoms with Gasteiger partial charge in [0.05, 0.1) is 22.7 Å². The number of carboxylic acids is 1. The summed E-state index contributed by atoms with van der Waals surface area (Å²) in [5, 5.41) is 40.1. The van der Waals surface area contributed by atoms with E-state index >= 15 is 0 Å². The summed E-state index contributed by atoms with van der Waals surface area (Å²) >= 11 is 0. The molecule has 3 N–H and O–H groups in total. The van der Waals surface area contributed by atoms with Crippen LogP contribution in [0, 0.1) is 21.4 Å². The second-order valence-corrected chi connectivity index (χ2v) is 3.80. The molecular formula is C11H11N3O5. The van der Waals surface area contributed by atoms with Crippen molar-refractivity contribution in [3.05, 3.63) is 33.9 Å². The highest BCUT2D eigenvalue weighted by molar-refractivity contribution is 5.79. The summed E-state index contributed by atoms with van der Waals surface area (Å²) in [7, 11) is 0. The van der Waals surface area contributed by atoms with Crippen LogP contribution in [0.2, 0.25) is 0 Å². The number of aliphatic hydroxyl groups excluding tert-OH is 1. The average molecular weight is 265 g/mol. The lowest BCUT2D eigenvalue weighted by Crippen LogP contribution is -2.39. The normalized spacial score (nSPS) is 13.1. The molecule has 1 aromatic rings. The number of nitro benzene ring substituents is 1. The first-order valence-corrected chi connectivity index (χ1v) is 5.22. The Morgan fingerprint density at radius 2 is 2.21 bits per heavy atom. The van der Waals surface area contributed by atoms with E-state index in [-0.39, 0.29) is 11.3 Å². The van der Waals surface area contributed by atoms with E-state index in [2.05, 4.69) is 5.32 Å². The average Bonchev–Trinajstić information content (AvgIpc) is 2.34. The third-order valence-electron chi connectivity index (χ3n) is 2.38. The van der Waals surface area contributed by atoms with Gasteiger partial charge in [-0.1, -0.05) is 0 Å². The predicted octanol–water partition coefficient (Wildman–Crippen LogP) is 0.712. The minimum absolute atomic E-state index is 0.0719. The Hall–Kier alpha value is -2.66. The van der Waals surface area contributed by atoms with Gasteiger partial charge in [-0.05, 0) is 19.1 Å². The van der Waals surface area contributed by atoms with Crippen LogP contribution in [-0.4, -0.2) is 33.3 Å². The van der Waals surface area contributed by atoms with Gasteiger partial charge < -0.3 is 15.5 Å². The standard InChI is InChI=1S/C11H11N3O5/c1-6(15)10(11(16)17)13-8-3-2-7(5-12)4-9(8)14(18)19/h2-4,6,10,13,15H,1H3,(H,16,17). The largest absolute Gasteiger partial charge is 0.480 e. The molecule has 1 aromatic carbocycles. The van der Waals surface area contributed by atoms with E-state index in [1.54, 1.807) is 6.07 Å². The maximum Gasteiger partial charge on any atom is 0.328 e. The summed E-state index contributed by atoms with van der Waals surface area (Å²) in [4.78, 5) is 21.0. The van der Waals surface area contributed by atoms with E-state index in [1.807, 2.05) is 0 Å². The van der Waals surface area contributed by atoms with Gasteiger partial charge in [-0.15, -0.1) is 0 Å². The van der Waals surface area contributed by atoms with Crippen LogP contribution in [0.3, 0.4) is 0 Å². The Bertz CT molecular complexity index is 550. The fourth-order valence-corrected chi connectivity index (χ4v) is 1.43. The quantitative estimate of drug-likeness (QED) is 0.526. The number of benzene rings is 1. The Morgan fingerprint density at radius 3 is 2.63 bits per heavy atom. The second kappa shape index (κ2) is 5.79. The van der Waals surface area contributed by atoms with Crippen LogP contribution in [0.15, 0.2) is 18.2 Å². The summed E-state index contributed by atoms with van der Waals surface area (Å²) in [6.45, 7) is 1.25. The summed E-state index contributed by atoms with van der Waals surface area (Å²) in [5.74, 6) is -1.34. The van der Waals surface area contributed by atoms with Gasteiger partial charge in [0.25, 0.3) is 5.69 Å². The van der Waals surface area contributed by atoms with Gasteiger partial charge in [-0.2, -0.15) is 5.26 Å². The van der Waals surface area contributed by atoms with Crippen molar-refractivity contribution in [2.75, 3.05) is 5.32 Å². The molecule has 0 aliphatic rings. The molecule has 0 amide bonds. The molecule has 0 saturated heterocycles. The van der Waals surface area contributed by atoms with Gasteiger partial charge in [-0.3, -0.25) is 10.1 Å². The highest BCUT2D eigenvalue weighted by Gasteiger charge is 2.26. The van der Waals surface area contributed by atoms with Crippen molar-refractivity contribution < 1.29 is 19.9 Å². The van der Waals surface area contributed by atoms with Crippen molar-refractivity contribution in [1.82, 2.24) is 0 Å². The molecule has 0 bridgehead atoms. The maximum atomic E-state index is 10.9. The van der Waals surface area contributed by atoms with Crippen molar-refractivity contribution in [1.29, 1.82) is 5.26 Å².